The number of esters is 1. The summed E-state index contributed by atoms with van der Waals surface area (Å²) in [4.78, 5) is 14.6. The van der Waals surface area contributed by atoms with Crippen LogP contribution in [0.25, 0.3) is 0 Å². The lowest BCUT2D eigenvalue weighted by molar-refractivity contribution is -0.143. The Morgan fingerprint density at radius 1 is 0.703 bits per heavy atom. The summed E-state index contributed by atoms with van der Waals surface area (Å²) < 4.78 is 5.34. The van der Waals surface area contributed by atoms with E-state index in [-0.39, 0.29) is 5.97 Å². The number of hydrogen-bond acceptors (Lipinski definition) is 4. The zero-order chi connectivity index (χ0) is 26.7. The summed E-state index contributed by atoms with van der Waals surface area (Å²) in [7, 11) is 0. The molecule has 4 nitrogen and oxygen atoms in total. The van der Waals surface area contributed by atoms with E-state index in [0.29, 0.717) is 13.0 Å². The van der Waals surface area contributed by atoms with Crippen molar-refractivity contribution in [1.29, 1.82) is 0 Å². The number of unbranched alkanes of at least 4 members (excludes halogenated alkanes) is 16. The van der Waals surface area contributed by atoms with Gasteiger partial charge >= 0.3 is 5.97 Å². The molecule has 0 aliphatic carbocycles. The fourth-order valence-corrected chi connectivity index (χ4v) is 5.62. The van der Waals surface area contributed by atoms with Crippen molar-refractivity contribution >= 4 is 5.97 Å². The molecule has 1 rings (SSSR count). The van der Waals surface area contributed by atoms with Gasteiger partial charge in [0.2, 0.25) is 0 Å². The van der Waals surface area contributed by atoms with Gasteiger partial charge in [-0.3, -0.25) is 4.79 Å². The van der Waals surface area contributed by atoms with Gasteiger partial charge in [0.25, 0.3) is 0 Å². The van der Waals surface area contributed by atoms with E-state index in [2.05, 4.69) is 24.1 Å². The first kappa shape index (κ1) is 34.4. The van der Waals surface area contributed by atoms with E-state index in [9.17, 15) is 4.79 Å². The number of nitrogens with one attached hydrogen (secondary N) is 1. The minimum Gasteiger partial charge on any atom is -0.466 e. The molecule has 220 valence electrons. The fourth-order valence-electron chi connectivity index (χ4n) is 5.62. The maximum atomic E-state index is 11.8. The highest BCUT2D eigenvalue weighted by atomic mass is 16.5. The van der Waals surface area contributed by atoms with Crippen molar-refractivity contribution in [3.05, 3.63) is 0 Å². The second kappa shape index (κ2) is 27.0. The summed E-state index contributed by atoms with van der Waals surface area (Å²) in [6, 6.07) is 0. The number of hydrogen-bond donors (Lipinski definition) is 1. The maximum absolute atomic E-state index is 11.8. The Morgan fingerprint density at radius 3 is 1.81 bits per heavy atom. The molecule has 0 aromatic heterocycles. The lowest BCUT2D eigenvalue weighted by Gasteiger charge is -2.27. The van der Waals surface area contributed by atoms with Crippen LogP contribution in [0.5, 0.6) is 0 Å². The number of piperidine rings is 1. The zero-order valence-corrected chi connectivity index (χ0v) is 25.3. The van der Waals surface area contributed by atoms with Crippen LogP contribution in [-0.2, 0) is 9.53 Å². The highest BCUT2D eigenvalue weighted by Crippen LogP contribution is 2.16. The average molecular weight is 523 g/mol. The Bertz CT molecular complexity index is 479. The molecule has 1 saturated heterocycles. The second-order valence-electron chi connectivity index (χ2n) is 11.8. The van der Waals surface area contributed by atoms with Gasteiger partial charge < -0.3 is 15.0 Å². The van der Waals surface area contributed by atoms with Crippen LogP contribution in [0.1, 0.15) is 162 Å². The molecule has 0 aromatic rings. The van der Waals surface area contributed by atoms with Crippen LogP contribution in [0.2, 0.25) is 0 Å². The molecular weight excluding hydrogens is 456 g/mol. The van der Waals surface area contributed by atoms with Crippen LogP contribution >= 0.6 is 0 Å². The molecule has 0 aromatic carbocycles. The van der Waals surface area contributed by atoms with Gasteiger partial charge in [-0.05, 0) is 83.6 Å². The van der Waals surface area contributed by atoms with E-state index >= 15 is 0 Å². The smallest absolute Gasteiger partial charge is 0.305 e. The largest absolute Gasteiger partial charge is 0.466 e. The molecule has 0 radical (unpaired) electrons. The minimum absolute atomic E-state index is 0.00537. The van der Waals surface area contributed by atoms with Gasteiger partial charge in [0.1, 0.15) is 0 Å². The fraction of sp³-hybridized carbons (Fsp3) is 0.970. The summed E-state index contributed by atoms with van der Waals surface area (Å²) >= 11 is 0. The first-order chi connectivity index (χ1) is 18.3. The van der Waals surface area contributed by atoms with Gasteiger partial charge in [-0.1, -0.05) is 110 Å². The van der Waals surface area contributed by atoms with Crippen LogP contribution in [0, 0.1) is 5.92 Å². The van der Waals surface area contributed by atoms with E-state index in [1.165, 1.54) is 148 Å². The molecule has 0 spiro atoms. The predicted octanol–water partition coefficient (Wildman–Crippen LogP) is 9.06. The normalized spacial score (nSPS) is 15.9. The van der Waals surface area contributed by atoms with Crippen LogP contribution < -0.4 is 5.32 Å². The molecule has 1 atom stereocenters. The third kappa shape index (κ3) is 23.0. The molecule has 4 heteroatoms. The van der Waals surface area contributed by atoms with Crippen molar-refractivity contribution in [2.75, 3.05) is 39.3 Å². The third-order valence-electron chi connectivity index (χ3n) is 8.20. The van der Waals surface area contributed by atoms with E-state index in [1.54, 1.807) is 0 Å². The summed E-state index contributed by atoms with van der Waals surface area (Å²) in [6.07, 6.45) is 29.8. The van der Waals surface area contributed by atoms with Crippen LogP contribution in [0.15, 0.2) is 0 Å². The molecule has 1 aliphatic rings. The van der Waals surface area contributed by atoms with Gasteiger partial charge in [-0.25, -0.2) is 0 Å². The Labute approximate surface area is 232 Å². The van der Waals surface area contributed by atoms with Crippen LogP contribution in [0.3, 0.4) is 0 Å². The van der Waals surface area contributed by atoms with E-state index in [0.717, 1.165) is 31.6 Å². The van der Waals surface area contributed by atoms with E-state index in [1.807, 2.05) is 0 Å². The first-order valence-corrected chi connectivity index (χ1v) is 16.8. The van der Waals surface area contributed by atoms with E-state index in [4.69, 9.17) is 4.74 Å². The molecule has 1 aliphatic heterocycles. The molecule has 1 heterocycles. The molecule has 1 N–H and O–H groups in total. The lowest BCUT2D eigenvalue weighted by Crippen LogP contribution is -2.34. The summed E-state index contributed by atoms with van der Waals surface area (Å²) in [5.41, 5.74) is 0. The SMILES string of the molecule is CCCCCCCCCCCCCCN(CCCCCCC(=O)OCCCCC)CCC1CCCNC1. The van der Waals surface area contributed by atoms with Crippen molar-refractivity contribution in [2.45, 2.75) is 162 Å². The number of nitrogens with zero attached hydrogens (tertiary/aromatic N) is 1. The highest BCUT2D eigenvalue weighted by molar-refractivity contribution is 5.69. The Kier molecular flexibility index (Phi) is 25.1. The van der Waals surface area contributed by atoms with Gasteiger partial charge in [-0.2, -0.15) is 0 Å². The Morgan fingerprint density at radius 2 is 1.24 bits per heavy atom. The van der Waals surface area contributed by atoms with Crippen LogP contribution in [-0.4, -0.2) is 50.2 Å². The summed E-state index contributed by atoms with van der Waals surface area (Å²) in [5, 5.41) is 3.59. The van der Waals surface area contributed by atoms with Gasteiger partial charge in [0, 0.05) is 6.42 Å². The molecular formula is C33H66N2O2. The maximum Gasteiger partial charge on any atom is 0.305 e. The molecule has 0 amide bonds. The highest BCUT2D eigenvalue weighted by Gasteiger charge is 2.14. The third-order valence-corrected chi connectivity index (χ3v) is 8.20. The lowest BCUT2D eigenvalue weighted by atomic mass is 9.96. The quantitative estimate of drug-likeness (QED) is 0.0863. The first-order valence-electron chi connectivity index (χ1n) is 16.8. The molecule has 0 bridgehead atoms. The van der Waals surface area contributed by atoms with Crippen molar-refractivity contribution in [3.63, 3.8) is 0 Å². The van der Waals surface area contributed by atoms with Gasteiger partial charge in [-0.15, -0.1) is 0 Å². The zero-order valence-electron chi connectivity index (χ0n) is 25.3. The van der Waals surface area contributed by atoms with Gasteiger partial charge in [0.15, 0.2) is 0 Å². The Hall–Kier alpha value is -0.610. The van der Waals surface area contributed by atoms with Crippen molar-refractivity contribution in [1.82, 2.24) is 10.2 Å². The van der Waals surface area contributed by atoms with Crippen molar-refractivity contribution in [2.24, 2.45) is 5.92 Å². The predicted molar refractivity (Wildman–Crippen MR) is 161 cm³/mol. The molecule has 0 saturated carbocycles. The number of carbonyl (C=O) groups is 1. The Balaban J connectivity index is 2.10. The average Bonchev–Trinajstić information content (AvgIpc) is 2.92. The summed E-state index contributed by atoms with van der Waals surface area (Å²) in [5.74, 6) is 0.882. The molecule has 1 unspecified atom stereocenters. The molecule has 37 heavy (non-hydrogen) atoms. The number of rotatable bonds is 27. The van der Waals surface area contributed by atoms with Gasteiger partial charge in [0.05, 0.1) is 6.61 Å². The topological polar surface area (TPSA) is 41.6 Å². The standard InChI is InChI=1S/C33H66N2O2/c1-3-5-7-8-9-10-11-12-13-14-16-19-27-35(29-25-32-23-22-26-34-31-32)28-20-17-15-18-24-33(36)37-30-21-6-4-2/h32,34H,3-31H2,1-2H3. The van der Waals surface area contributed by atoms with E-state index < -0.39 is 0 Å². The monoisotopic (exact) mass is 523 g/mol. The minimum atomic E-state index is 0.00537. The van der Waals surface area contributed by atoms with Crippen molar-refractivity contribution in [3.8, 4) is 0 Å². The number of ether oxygens (including phenoxy) is 1. The molecule has 1 fully saturated rings. The summed E-state index contributed by atoms with van der Waals surface area (Å²) in [6.45, 7) is 11.3. The second-order valence-corrected chi connectivity index (χ2v) is 11.8. The van der Waals surface area contributed by atoms with Crippen molar-refractivity contribution < 1.29 is 9.53 Å². The van der Waals surface area contributed by atoms with Crippen LogP contribution in [0.4, 0.5) is 0 Å². The number of carbonyl (C=O) groups excluding carboxylic acids is 1.